The van der Waals surface area contributed by atoms with Gasteiger partial charge in [-0.2, -0.15) is 0 Å². The molecule has 0 bridgehead atoms. The summed E-state index contributed by atoms with van der Waals surface area (Å²) in [5.74, 6) is 0.719. The first-order chi connectivity index (χ1) is 14.1. The topological polar surface area (TPSA) is 54.5 Å². The molecule has 0 saturated heterocycles. The highest BCUT2D eigenvalue weighted by Crippen LogP contribution is 2.38. The third-order valence-corrected chi connectivity index (χ3v) is 5.92. The number of hydrogen-bond donors (Lipinski definition) is 1. The van der Waals surface area contributed by atoms with E-state index in [1.165, 1.54) is 16.9 Å². The fourth-order valence-electron chi connectivity index (χ4n) is 3.20. The van der Waals surface area contributed by atoms with Crippen molar-refractivity contribution in [3.63, 3.8) is 0 Å². The Morgan fingerprint density at radius 3 is 2.62 bits per heavy atom. The molecule has 0 radical (unpaired) electrons. The van der Waals surface area contributed by atoms with E-state index in [2.05, 4.69) is 36.5 Å². The van der Waals surface area contributed by atoms with Crippen LogP contribution in [0.3, 0.4) is 0 Å². The van der Waals surface area contributed by atoms with Crippen LogP contribution in [0.2, 0.25) is 0 Å². The van der Waals surface area contributed by atoms with Crippen LogP contribution < -0.4 is 15.0 Å². The maximum atomic E-state index is 12.9. The molecule has 4 rings (SSSR count). The van der Waals surface area contributed by atoms with Crippen molar-refractivity contribution in [2.45, 2.75) is 38.8 Å². The van der Waals surface area contributed by atoms with E-state index in [1.807, 2.05) is 41.5 Å². The van der Waals surface area contributed by atoms with Gasteiger partial charge in [-0.25, -0.2) is 4.98 Å². The van der Waals surface area contributed by atoms with Gasteiger partial charge in [0.15, 0.2) is 5.13 Å². The summed E-state index contributed by atoms with van der Waals surface area (Å²) in [5.41, 5.74) is 4.01. The maximum absolute atomic E-state index is 12.9. The molecular formula is C23H25N3O2S. The molecular weight excluding hydrogens is 382 g/mol. The number of nitrogens with zero attached hydrogens (tertiary/aromatic N) is 2. The minimum absolute atomic E-state index is 0.00509. The molecule has 3 aromatic rings. The molecule has 1 aliphatic rings. The molecule has 2 aromatic carbocycles. The number of aromatic nitrogens is 1. The van der Waals surface area contributed by atoms with E-state index >= 15 is 0 Å². The summed E-state index contributed by atoms with van der Waals surface area (Å²) in [6.45, 7) is 3.98. The van der Waals surface area contributed by atoms with E-state index in [-0.39, 0.29) is 5.91 Å². The number of ether oxygens (including phenoxy) is 1. The number of para-hydroxylation sites is 2. The minimum atomic E-state index is -0.413. The molecule has 1 amide bonds. The van der Waals surface area contributed by atoms with Crippen LogP contribution >= 0.6 is 11.3 Å². The van der Waals surface area contributed by atoms with Gasteiger partial charge in [-0.1, -0.05) is 42.0 Å². The molecule has 150 valence electrons. The van der Waals surface area contributed by atoms with Crippen molar-refractivity contribution in [3.05, 3.63) is 59.5 Å². The van der Waals surface area contributed by atoms with Crippen LogP contribution in [-0.2, 0) is 4.79 Å². The van der Waals surface area contributed by atoms with Crippen LogP contribution in [0, 0.1) is 6.92 Å². The van der Waals surface area contributed by atoms with Crippen LogP contribution in [0.5, 0.6) is 5.75 Å². The average Bonchev–Trinajstić information content (AvgIpc) is 3.42. The van der Waals surface area contributed by atoms with Crippen molar-refractivity contribution in [2.75, 3.05) is 12.0 Å². The van der Waals surface area contributed by atoms with Gasteiger partial charge in [0.25, 0.3) is 0 Å². The van der Waals surface area contributed by atoms with Gasteiger partial charge in [-0.05, 0) is 38.8 Å². The Labute approximate surface area is 175 Å². The third kappa shape index (κ3) is 4.27. The van der Waals surface area contributed by atoms with Crippen LogP contribution in [0.1, 0.15) is 25.3 Å². The number of amides is 1. The van der Waals surface area contributed by atoms with Crippen LogP contribution in [0.15, 0.2) is 53.9 Å². The number of rotatable bonds is 7. The molecule has 29 heavy (non-hydrogen) atoms. The van der Waals surface area contributed by atoms with Crippen molar-refractivity contribution in [1.29, 1.82) is 0 Å². The van der Waals surface area contributed by atoms with E-state index in [0.29, 0.717) is 11.8 Å². The molecule has 0 aliphatic heterocycles. The molecule has 1 aromatic heterocycles. The predicted molar refractivity (Wildman–Crippen MR) is 118 cm³/mol. The first-order valence-corrected chi connectivity index (χ1v) is 10.7. The monoisotopic (exact) mass is 407 g/mol. The van der Waals surface area contributed by atoms with E-state index in [9.17, 15) is 4.79 Å². The number of carbonyl (C=O) groups excluding carboxylic acids is 1. The Balaban J connectivity index is 1.71. The lowest BCUT2D eigenvalue weighted by Gasteiger charge is -2.29. The van der Waals surface area contributed by atoms with Gasteiger partial charge in [0.1, 0.15) is 11.8 Å². The van der Waals surface area contributed by atoms with Gasteiger partial charge in [-0.15, -0.1) is 11.3 Å². The summed E-state index contributed by atoms with van der Waals surface area (Å²) in [6.07, 6.45) is 2.11. The van der Waals surface area contributed by atoms with Crippen molar-refractivity contribution in [1.82, 2.24) is 10.3 Å². The van der Waals surface area contributed by atoms with Gasteiger partial charge >= 0.3 is 0 Å². The molecule has 1 aliphatic carbocycles. The van der Waals surface area contributed by atoms with Gasteiger partial charge < -0.3 is 15.0 Å². The molecule has 1 saturated carbocycles. The SMILES string of the molecule is COc1ccccc1N(c1nc(-c2ccc(C)cc2)cs1)[C@H](C)C(=O)NC1CC1. The van der Waals surface area contributed by atoms with Gasteiger partial charge in [-0.3, -0.25) is 4.79 Å². The Hall–Kier alpha value is -2.86. The standard InChI is InChI=1S/C23H25N3O2S/c1-15-8-10-17(11-9-15)19-14-29-23(25-19)26(16(2)22(27)24-18-12-13-18)20-6-4-5-7-21(20)28-3/h4-11,14,16,18H,12-13H2,1-3H3,(H,24,27)/t16-/m1/s1. The number of aryl methyl sites for hydroxylation is 1. The molecule has 1 N–H and O–H groups in total. The summed E-state index contributed by atoms with van der Waals surface area (Å²) in [7, 11) is 1.64. The zero-order valence-electron chi connectivity index (χ0n) is 16.9. The fraction of sp³-hybridized carbons (Fsp3) is 0.304. The summed E-state index contributed by atoms with van der Waals surface area (Å²) >= 11 is 1.53. The van der Waals surface area contributed by atoms with Gasteiger partial charge in [0.2, 0.25) is 5.91 Å². The Morgan fingerprint density at radius 1 is 1.21 bits per heavy atom. The lowest BCUT2D eigenvalue weighted by Crippen LogP contribution is -2.44. The number of carbonyl (C=O) groups is 1. The highest BCUT2D eigenvalue weighted by Gasteiger charge is 2.31. The molecule has 0 unspecified atom stereocenters. The summed E-state index contributed by atoms with van der Waals surface area (Å²) in [5, 5.41) is 5.91. The van der Waals surface area contributed by atoms with Gasteiger partial charge in [0.05, 0.1) is 18.5 Å². The zero-order chi connectivity index (χ0) is 20.4. The van der Waals surface area contributed by atoms with E-state index in [0.717, 1.165) is 34.9 Å². The lowest BCUT2D eigenvalue weighted by atomic mass is 10.1. The normalized spacial score (nSPS) is 14.3. The zero-order valence-corrected chi connectivity index (χ0v) is 17.7. The summed E-state index contributed by atoms with van der Waals surface area (Å²) in [4.78, 5) is 19.7. The molecule has 1 atom stereocenters. The largest absolute Gasteiger partial charge is 0.495 e. The number of benzene rings is 2. The lowest BCUT2D eigenvalue weighted by molar-refractivity contribution is -0.122. The van der Waals surface area contributed by atoms with Gasteiger partial charge in [0, 0.05) is 17.0 Å². The Bertz CT molecular complexity index is 995. The summed E-state index contributed by atoms with van der Waals surface area (Å²) in [6, 6.07) is 16.0. The van der Waals surface area contributed by atoms with Crippen LogP contribution in [-0.4, -0.2) is 30.1 Å². The highest BCUT2D eigenvalue weighted by atomic mass is 32.1. The second-order valence-corrected chi connectivity index (χ2v) is 8.22. The number of hydrogen-bond acceptors (Lipinski definition) is 5. The Kier molecular flexibility index (Phi) is 5.53. The number of nitrogens with one attached hydrogen (secondary N) is 1. The highest BCUT2D eigenvalue weighted by molar-refractivity contribution is 7.14. The minimum Gasteiger partial charge on any atom is -0.495 e. The predicted octanol–water partition coefficient (Wildman–Crippen LogP) is 4.93. The number of anilines is 2. The first-order valence-electron chi connectivity index (χ1n) is 9.82. The molecule has 1 fully saturated rings. The smallest absolute Gasteiger partial charge is 0.243 e. The van der Waals surface area contributed by atoms with Crippen molar-refractivity contribution in [2.24, 2.45) is 0 Å². The van der Waals surface area contributed by atoms with Crippen molar-refractivity contribution in [3.8, 4) is 17.0 Å². The van der Waals surface area contributed by atoms with Crippen LogP contribution in [0.4, 0.5) is 10.8 Å². The second-order valence-electron chi connectivity index (χ2n) is 7.38. The number of thiazole rings is 1. The Morgan fingerprint density at radius 2 is 1.93 bits per heavy atom. The molecule has 5 nitrogen and oxygen atoms in total. The summed E-state index contributed by atoms with van der Waals surface area (Å²) < 4.78 is 5.58. The van der Waals surface area contributed by atoms with Crippen molar-refractivity contribution < 1.29 is 9.53 Å². The molecule has 0 spiro atoms. The average molecular weight is 408 g/mol. The van der Waals surface area contributed by atoms with E-state index < -0.39 is 6.04 Å². The van der Waals surface area contributed by atoms with E-state index in [1.54, 1.807) is 7.11 Å². The molecule has 6 heteroatoms. The third-order valence-electron chi connectivity index (χ3n) is 5.08. The quantitative estimate of drug-likeness (QED) is 0.603. The van der Waals surface area contributed by atoms with E-state index in [4.69, 9.17) is 9.72 Å². The van der Waals surface area contributed by atoms with Crippen molar-refractivity contribution >= 4 is 28.1 Å². The maximum Gasteiger partial charge on any atom is 0.243 e. The first kappa shape index (κ1) is 19.5. The van der Waals surface area contributed by atoms with Crippen LogP contribution in [0.25, 0.3) is 11.3 Å². The fourth-order valence-corrected chi connectivity index (χ4v) is 4.13. The number of methoxy groups -OCH3 is 1. The second kappa shape index (κ2) is 8.25. The molecule has 1 heterocycles.